The van der Waals surface area contributed by atoms with Gasteiger partial charge in [0.2, 0.25) is 0 Å². The Morgan fingerprint density at radius 1 is 0.491 bits per heavy atom. The maximum absolute atomic E-state index is 7.06. The molecule has 0 aromatic rings. The van der Waals surface area contributed by atoms with Gasteiger partial charge in [-0.15, -0.1) is 0 Å². The van der Waals surface area contributed by atoms with Crippen molar-refractivity contribution in [1.29, 1.82) is 0 Å². The molecule has 0 saturated carbocycles. The summed E-state index contributed by atoms with van der Waals surface area (Å²) >= 11 is 0. The molecule has 0 aliphatic carbocycles. The average molecular weight is 799 g/mol. The number of hydrogen-bond acceptors (Lipinski definition) is 5. The third-order valence-electron chi connectivity index (χ3n) is 11.5. The molecular formula is C52H98N2O3. The van der Waals surface area contributed by atoms with Gasteiger partial charge < -0.3 is 24.4 Å². The molecule has 0 aromatic carbocycles. The minimum Gasteiger partial charge on any atom is -0.381 e. The van der Waals surface area contributed by atoms with Crippen molar-refractivity contribution in [2.24, 2.45) is 0 Å². The van der Waals surface area contributed by atoms with Crippen LogP contribution in [0.25, 0.3) is 0 Å². The van der Waals surface area contributed by atoms with Crippen LogP contribution in [0.3, 0.4) is 0 Å². The number of ether oxygens (including phenoxy) is 3. The first-order valence-corrected chi connectivity index (χ1v) is 24.9. The fraction of sp³-hybridized carbons (Fsp3) is 0.846. The summed E-state index contributed by atoms with van der Waals surface area (Å²) in [5.74, 6) is -0.417. The van der Waals surface area contributed by atoms with Crippen molar-refractivity contribution in [3.05, 3.63) is 48.6 Å². The molecule has 0 radical (unpaired) electrons. The number of nitrogens with zero attached hydrogens (tertiary/aromatic N) is 1. The van der Waals surface area contributed by atoms with Crippen LogP contribution in [0.5, 0.6) is 0 Å². The number of nitrogens with one attached hydrogen (secondary N) is 1. The minimum atomic E-state index is -0.417. The van der Waals surface area contributed by atoms with E-state index in [1.165, 1.54) is 161 Å². The van der Waals surface area contributed by atoms with Gasteiger partial charge >= 0.3 is 0 Å². The SMILES string of the molecule is CCCCC/C=C\C/C=C\CCCCCCCCC1(CCCCCCCC/C=C\C/C=C\CCCCC)OC(CCOCCCCCCNC)C(CCN(C)C)O1. The fourth-order valence-electron chi connectivity index (χ4n) is 7.89. The quantitative estimate of drug-likeness (QED) is 0.0492. The number of unbranched alkanes of at least 4 members (excludes halogenated alkanes) is 21. The first kappa shape index (κ1) is 53.8. The van der Waals surface area contributed by atoms with Crippen LogP contribution in [0.2, 0.25) is 0 Å². The van der Waals surface area contributed by atoms with E-state index in [9.17, 15) is 0 Å². The van der Waals surface area contributed by atoms with Gasteiger partial charge in [-0.1, -0.05) is 152 Å². The van der Waals surface area contributed by atoms with Gasteiger partial charge in [-0.3, -0.25) is 0 Å². The predicted molar refractivity (Wildman–Crippen MR) is 251 cm³/mol. The van der Waals surface area contributed by atoms with Gasteiger partial charge in [0.1, 0.15) is 0 Å². The lowest BCUT2D eigenvalue weighted by Gasteiger charge is -2.29. The lowest BCUT2D eigenvalue weighted by molar-refractivity contribution is -0.188. The van der Waals surface area contributed by atoms with Crippen LogP contribution in [0, 0.1) is 0 Å². The van der Waals surface area contributed by atoms with Gasteiger partial charge in [0, 0.05) is 32.6 Å². The zero-order chi connectivity index (χ0) is 41.2. The van der Waals surface area contributed by atoms with Crippen molar-refractivity contribution in [2.75, 3.05) is 47.4 Å². The molecule has 57 heavy (non-hydrogen) atoms. The highest BCUT2D eigenvalue weighted by Crippen LogP contribution is 2.40. The summed E-state index contributed by atoms with van der Waals surface area (Å²) in [6.07, 6.45) is 58.8. The molecule has 2 atom stereocenters. The molecule has 0 aromatic heterocycles. The maximum Gasteiger partial charge on any atom is 0.169 e. The van der Waals surface area contributed by atoms with Gasteiger partial charge in [0.15, 0.2) is 5.79 Å². The molecule has 0 amide bonds. The van der Waals surface area contributed by atoms with E-state index in [2.05, 4.69) is 86.8 Å². The smallest absolute Gasteiger partial charge is 0.169 e. The summed E-state index contributed by atoms with van der Waals surface area (Å²) in [5, 5.41) is 3.25. The maximum atomic E-state index is 7.06. The second kappa shape index (κ2) is 41.5. The van der Waals surface area contributed by atoms with E-state index in [1.54, 1.807) is 0 Å². The lowest BCUT2D eigenvalue weighted by atomic mass is 9.98. The number of hydrogen-bond donors (Lipinski definition) is 1. The first-order chi connectivity index (χ1) is 28.1. The highest BCUT2D eigenvalue weighted by molar-refractivity contribution is 4.94. The van der Waals surface area contributed by atoms with Crippen LogP contribution in [0.15, 0.2) is 48.6 Å². The average Bonchev–Trinajstić information content (AvgIpc) is 3.56. The standard InChI is InChI=1S/C52H98N2O3/c1-6-8-10-12-14-16-18-20-22-24-26-28-30-32-34-38-44-52(45-39-35-33-31-29-27-25-23-21-19-17-15-13-11-9-7-2)56-50(42-47-54(4)5)51(57-52)43-49-55-48-41-37-36-40-46-53-3/h14-17,20-23,50-51,53H,6-13,18-19,24-49H2,1-5H3/b16-14-,17-15-,22-20-,23-21-. The molecule has 1 aliphatic rings. The van der Waals surface area contributed by atoms with Crippen LogP contribution < -0.4 is 5.32 Å². The van der Waals surface area contributed by atoms with Crippen LogP contribution in [0.4, 0.5) is 0 Å². The minimum absolute atomic E-state index is 0.134. The van der Waals surface area contributed by atoms with Gasteiger partial charge in [-0.2, -0.15) is 0 Å². The Morgan fingerprint density at radius 2 is 0.912 bits per heavy atom. The molecule has 1 aliphatic heterocycles. The molecular weight excluding hydrogens is 701 g/mol. The second-order valence-electron chi connectivity index (χ2n) is 17.4. The Balaban J connectivity index is 2.52. The molecule has 1 heterocycles. The molecule has 1 rings (SSSR count). The Labute approximate surface area is 356 Å². The molecule has 1 saturated heterocycles. The van der Waals surface area contributed by atoms with Crippen molar-refractivity contribution in [3.8, 4) is 0 Å². The van der Waals surface area contributed by atoms with Gasteiger partial charge in [0.25, 0.3) is 0 Å². The largest absolute Gasteiger partial charge is 0.381 e. The highest BCUT2D eigenvalue weighted by atomic mass is 16.8. The van der Waals surface area contributed by atoms with E-state index in [0.29, 0.717) is 0 Å². The van der Waals surface area contributed by atoms with Gasteiger partial charge in [0.05, 0.1) is 12.2 Å². The number of allylic oxidation sites excluding steroid dienone is 8. The van der Waals surface area contributed by atoms with Crippen molar-refractivity contribution in [3.63, 3.8) is 0 Å². The molecule has 0 spiro atoms. The zero-order valence-electron chi connectivity index (χ0n) is 38.9. The van der Waals surface area contributed by atoms with E-state index in [1.807, 2.05) is 7.05 Å². The zero-order valence-corrected chi connectivity index (χ0v) is 38.9. The monoisotopic (exact) mass is 799 g/mol. The Kier molecular flexibility index (Phi) is 39.1. The van der Waals surface area contributed by atoms with Crippen LogP contribution >= 0.6 is 0 Å². The second-order valence-corrected chi connectivity index (χ2v) is 17.4. The van der Waals surface area contributed by atoms with Crippen molar-refractivity contribution < 1.29 is 14.2 Å². The summed E-state index contributed by atoms with van der Waals surface area (Å²) in [5.41, 5.74) is 0. The van der Waals surface area contributed by atoms with Crippen LogP contribution in [0.1, 0.15) is 219 Å². The molecule has 5 heteroatoms. The lowest BCUT2D eigenvalue weighted by Crippen LogP contribution is -2.31. The third-order valence-corrected chi connectivity index (χ3v) is 11.5. The van der Waals surface area contributed by atoms with Crippen molar-refractivity contribution >= 4 is 0 Å². The highest BCUT2D eigenvalue weighted by Gasteiger charge is 2.46. The van der Waals surface area contributed by atoms with E-state index in [-0.39, 0.29) is 12.2 Å². The summed E-state index contributed by atoms with van der Waals surface area (Å²) in [6, 6.07) is 0. The molecule has 1 fully saturated rings. The predicted octanol–water partition coefficient (Wildman–Crippen LogP) is 15.0. The Morgan fingerprint density at radius 3 is 1.39 bits per heavy atom. The van der Waals surface area contributed by atoms with E-state index in [0.717, 1.165) is 71.2 Å². The molecule has 2 unspecified atom stereocenters. The first-order valence-electron chi connectivity index (χ1n) is 24.9. The Bertz CT molecular complexity index is 896. The normalized spacial score (nSPS) is 17.3. The van der Waals surface area contributed by atoms with E-state index >= 15 is 0 Å². The van der Waals surface area contributed by atoms with Gasteiger partial charge in [-0.05, 0) is 130 Å². The van der Waals surface area contributed by atoms with Crippen molar-refractivity contribution in [2.45, 2.75) is 237 Å². The molecule has 1 N–H and O–H groups in total. The summed E-state index contributed by atoms with van der Waals surface area (Å²) in [6.45, 7) is 8.32. The van der Waals surface area contributed by atoms with E-state index < -0.39 is 5.79 Å². The molecule has 334 valence electrons. The fourth-order valence-corrected chi connectivity index (χ4v) is 7.89. The summed E-state index contributed by atoms with van der Waals surface area (Å²) in [7, 11) is 6.38. The topological polar surface area (TPSA) is 43.0 Å². The van der Waals surface area contributed by atoms with E-state index in [4.69, 9.17) is 14.2 Å². The van der Waals surface area contributed by atoms with Gasteiger partial charge in [-0.25, -0.2) is 0 Å². The molecule has 5 nitrogen and oxygen atoms in total. The summed E-state index contributed by atoms with van der Waals surface area (Å²) in [4.78, 5) is 2.29. The third kappa shape index (κ3) is 34.2. The Hall–Kier alpha value is -1.24. The van der Waals surface area contributed by atoms with Crippen LogP contribution in [-0.4, -0.2) is 70.3 Å². The molecule has 0 bridgehead atoms. The van der Waals surface area contributed by atoms with Crippen LogP contribution in [-0.2, 0) is 14.2 Å². The number of rotatable bonds is 43. The summed E-state index contributed by atoms with van der Waals surface area (Å²) < 4.78 is 20.3. The van der Waals surface area contributed by atoms with Crippen molar-refractivity contribution in [1.82, 2.24) is 10.2 Å².